The highest BCUT2D eigenvalue weighted by molar-refractivity contribution is 5.94. The molecule has 1 aliphatic heterocycles. The third-order valence-electron chi connectivity index (χ3n) is 3.51. The van der Waals surface area contributed by atoms with Gasteiger partial charge in [-0.15, -0.1) is 0 Å². The average Bonchev–Trinajstić information content (AvgIpc) is 2.44. The van der Waals surface area contributed by atoms with Crippen molar-refractivity contribution >= 4 is 5.91 Å². The van der Waals surface area contributed by atoms with Gasteiger partial charge in [0.05, 0.1) is 18.8 Å². The molecule has 1 saturated heterocycles. The van der Waals surface area contributed by atoms with Crippen molar-refractivity contribution < 1.29 is 14.6 Å². The molecule has 5 heteroatoms. The molecule has 0 radical (unpaired) electrons. The van der Waals surface area contributed by atoms with E-state index in [2.05, 4.69) is 24.1 Å². The lowest BCUT2D eigenvalue weighted by Crippen LogP contribution is -2.44. The van der Waals surface area contributed by atoms with Crippen LogP contribution in [0.25, 0.3) is 0 Å². The van der Waals surface area contributed by atoms with Gasteiger partial charge in [0.1, 0.15) is 0 Å². The summed E-state index contributed by atoms with van der Waals surface area (Å²) in [5, 5.41) is 11.3. The maximum atomic E-state index is 11.7. The molecule has 0 aromatic heterocycles. The molecule has 0 saturated carbocycles. The van der Waals surface area contributed by atoms with Crippen LogP contribution in [0.5, 0.6) is 0 Å². The number of carbonyl (C=O) groups excluding carboxylic acids is 1. The molecule has 5 nitrogen and oxygen atoms in total. The monoisotopic (exact) mass is 292 g/mol. The number of benzene rings is 1. The second-order valence-corrected chi connectivity index (χ2v) is 5.63. The maximum Gasteiger partial charge on any atom is 0.251 e. The summed E-state index contributed by atoms with van der Waals surface area (Å²) in [4.78, 5) is 14.1. The smallest absolute Gasteiger partial charge is 0.251 e. The van der Waals surface area contributed by atoms with Gasteiger partial charge in [0.15, 0.2) is 0 Å². The predicted octanol–water partition coefficient (Wildman–Crippen LogP) is 1.02. The largest absolute Gasteiger partial charge is 0.395 e. The Kier molecular flexibility index (Phi) is 5.73. The molecule has 21 heavy (non-hydrogen) atoms. The Morgan fingerprint density at radius 1 is 1.29 bits per heavy atom. The molecule has 1 fully saturated rings. The first kappa shape index (κ1) is 15.9. The fourth-order valence-corrected chi connectivity index (χ4v) is 2.70. The summed E-state index contributed by atoms with van der Waals surface area (Å²) in [7, 11) is 0. The van der Waals surface area contributed by atoms with Crippen molar-refractivity contribution in [3.63, 3.8) is 0 Å². The Bertz CT molecular complexity index is 451. The molecule has 116 valence electrons. The predicted molar refractivity (Wildman–Crippen MR) is 81.1 cm³/mol. The normalized spacial score (nSPS) is 23.0. The zero-order chi connectivity index (χ0) is 15.2. The van der Waals surface area contributed by atoms with Crippen LogP contribution < -0.4 is 5.32 Å². The molecule has 1 aromatic rings. The number of morpholine rings is 1. The van der Waals surface area contributed by atoms with Crippen LogP contribution in [0.4, 0.5) is 0 Å². The Morgan fingerprint density at radius 3 is 2.48 bits per heavy atom. The van der Waals surface area contributed by atoms with E-state index < -0.39 is 0 Å². The molecule has 1 heterocycles. The Balaban J connectivity index is 1.91. The summed E-state index contributed by atoms with van der Waals surface area (Å²) in [6, 6.07) is 7.63. The Labute approximate surface area is 125 Å². The summed E-state index contributed by atoms with van der Waals surface area (Å²) in [5.41, 5.74) is 1.81. The molecular weight excluding hydrogens is 268 g/mol. The average molecular weight is 292 g/mol. The fraction of sp³-hybridized carbons (Fsp3) is 0.562. The highest BCUT2D eigenvalue weighted by atomic mass is 16.5. The van der Waals surface area contributed by atoms with Crippen LogP contribution in [0.2, 0.25) is 0 Å². The van der Waals surface area contributed by atoms with Gasteiger partial charge in [-0.3, -0.25) is 9.69 Å². The zero-order valence-electron chi connectivity index (χ0n) is 12.7. The van der Waals surface area contributed by atoms with E-state index in [-0.39, 0.29) is 31.3 Å². The van der Waals surface area contributed by atoms with Gasteiger partial charge in [0, 0.05) is 31.7 Å². The zero-order valence-corrected chi connectivity index (χ0v) is 12.7. The van der Waals surface area contributed by atoms with Crippen molar-refractivity contribution in [3.8, 4) is 0 Å². The number of nitrogens with one attached hydrogen (secondary N) is 1. The topological polar surface area (TPSA) is 61.8 Å². The minimum absolute atomic E-state index is 0.0444. The number of aliphatic hydroxyl groups excluding tert-OH is 1. The van der Waals surface area contributed by atoms with Gasteiger partial charge < -0.3 is 15.2 Å². The van der Waals surface area contributed by atoms with Crippen LogP contribution in [-0.2, 0) is 11.3 Å². The first-order valence-electron chi connectivity index (χ1n) is 7.44. The van der Waals surface area contributed by atoms with E-state index >= 15 is 0 Å². The van der Waals surface area contributed by atoms with Crippen LogP contribution in [0.15, 0.2) is 24.3 Å². The quantitative estimate of drug-likeness (QED) is 0.850. The fourth-order valence-electron chi connectivity index (χ4n) is 2.70. The number of ether oxygens (including phenoxy) is 1. The molecule has 2 unspecified atom stereocenters. The molecule has 1 aliphatic rings. The summed E-state index contributed by atoms with van der Waals surface area (Å²) in [6.45, 7) is 7.17. The van der Waals surface area contributed by atoms with Crippen molar-refractivity contribution in [2.45, 2.75) is 32.6 Å². The number of nitrogens with zero attached hydrogens (tertiary/aromatic N) is 1. The minimum Gasteiger partial charge on any atom is -0.395 e. The standard InChI is InChI=1S/C16H24N2O3/c1-12-9-18(10-13(2)21-12)11-14-3-5-15(6-4-14)16(20)17-7-8-19/h3-6,12-13,19H,7-11H2,1-2H3,(H,17,20). The van der Waals surface area contributed by atoms with E-state index in [1.807, 2.05) is 24.3 Å². The van der Waals surface area contributed by atoms with E-state index in [0.717, 1.165) is 19.6 Å². The van der Waals surface area contributed by atoms with Crippen LogP contribution in [0, 0.1) is 0 Å². The summed E-state index contributed by atoms with van der Waals surface area (Å²) >= 11 is 0. The van der Waals surface area contributed by atoms with Crippen molar-refractivity contribution in [1.29, 1.82) is 0 Å². The number of carbonyl (C=O) groups is 1. The van der Waals surface area contributed by atoms with Crippen molar-refractivity contribution in [1.82, 2.24) is 10.2 Å². The van der Waals surface area contributed by atoms with Gasteiger partial charge in [-0.05, 0) is 31.5 Å². The van der Waals surface area contributed by atoms with E-state index in [1.54, 1.807) is 0 Å². The minimum atomic E-state index is -0.149. The van der Waals surface area contributed by atoms with Crippen molar-refractivity contribution in [2.24, 2.45) is 0 Å². The van der Waals surface area contributed by atoms with E-state index in [4.69, 9.17) is 9.84 Å². The lowest BCUT2D eigenvalue weighted by atomic mass is 10.1. The molecule has 2 N–H and O–H groups in total. The molecule has 2 atom stereocenters. The molecule has 2 rings (SSSR count). The van der Waals surface area contributed by atoms with Gasteiger partial charge in [0.25, 0.3) is 5.91 Å². The number of amides is 1. The molecule has 0 spiro atoms. The number of hydrogen-bond donors (Lipinski definition) is 2. The molecule has 0 bridgehead atoms. The molecule has 0 aliphatic carbocycles. The van der Waals surface area contributed by atoms with E-state index in [0.29, 0.717) is 5.56 Å². The molecular formula is C16H24N2O3. The van der Waals surface area contributed by atoms with Crippen molar-refractivity contribution in [3.05, 3.63) is 35.4 Å². The van der Waals surface area contributed by atoms with Crippen LogP contribution in [-0.4, -0.2) is 54.4 Å². The van der Waals surface area contributed by atoms with Gasteiger partial charge in [-0.2, -0.15) is 0 Å². The second-order valence-electron chi connectivity index (χ2n) is 5.63. The SMILES string of the molecule is CC1CN(Cc2ccc(C(=O)NCCO)cc2)CC(C)O1. The van der Waals surface area contributed by atoms with E-state index in [9.17, 15) is 4.79 Å². The van der Waals surface area contributed by atoms with Gasteiger partial charge in [0.2, 0.25) is 0 Å². The third-order valence-corrected chi connectivity index (χ3v) is 3.51. The van der Waals surface area contributed by atoms with Crippen LogP contribution in [0.1, 0.15) is 29.8 Å². The van der Waals surface area contributed by atoms with Crippen LogP contribution in [0.3, 0.4) is 0 Å². The van der Waals surface area contributed by atoms with Gasteiger partial charge in [-0.25, -0.2) is 0 Å². The highest BCUT2D eigenvalue weighted by Gasteiger charge is 2.21. The molecule has 1 aromatic carbocycles. The Morgan fingerprint density at radius 2 is 1.90 bits per heavy atom. The first-order chi connectivity index (χ1) is 10.1. The van der Waals surface area contributed by atoms with Crippen LogP contribution >= 0.6 is 0 Å². The van der Waals surface area contributed by atoms with E-state index in [1.165, 1.54) is 5.56 Å². The number of rotatable bonds is 5. The Hall–Kier alpha value is -1.43. The second kappa shape index (κ2) is 7.54. The lowest BCUT2D eigenvalue weighted by Gasteiger charge is -2.35. The first-order valence-corrected chi connectivity index (χ1v) is 7.44. The number of aliphatic hydroxyl groups is 1. The maximum absolute atomic E-state index is 11.7. The summed E-state index contributed by atoms with van der Waals surface area (Å²) in [6.07, 6.45) is 0.523. The van der Waals surface area contributed by atoms with Gasteiger partial charge in [-0.1, -0.05) is 12.1 Å². The highest BCUT2D eigenvalue weighted by Crippen LogP contribution is 2.14. The number of hydrogen-bond acceptors (Lipinski definition) is 4. The summed E-state index contributed by atoms with van der Waals surface area (Å²) in [5.74, 6) is -0.149. The third kappa shape index (κ3) is 4.81. The van der Waals surface area contributed by atoms with Gasteiger partial charge >= 0.3 is 0 Å². The molecule has 1 amide bonds. The van der Waals surface area contributed by atoms with Crippen molar-refractivity contribution in [2.75, 3.05) is 26.2 Å². The lowest BCUT2D eigenvalue weighted by molar-refractivity contribution is -0.0704. The summed E-state index contributed by atoms with van der Waals surface area (Å²) < 4.78 is 5.73.